The second-order valence-corrected chi connectivity index (χ2v) is 3.24. The minimum atomic E-state index is -4.44. The van der Waals surface area contributed by atoms with Crippen molar-refractivity contribution in [2.45, 2.75) is 11.8 Å². The zero-order valence-electron chi connectivity index (χ0n) is 7.43. The molecule has 1 fully saturated rings. The molecule has 1 aromatic carbocycles. The molecule has 0 radical (unpaired) electrons. The highest BCUT2D eigenvalue weighted by Gasteiger charge is 2.65. The Balaban J connectivity index is 2.42. The molecule has 0 amide bonds. The smallest absolute Gasteiger partial charge is 0.298 e. The van der Waals surface area contributed by atoms with Crippen molar-refractivity contribution in [3.05, 3.63) is 35.4 Å². The van der Waals surface area contributed by atoms with Gasteiger partial charge < -0.3 is 0 Å². The van der Waals surface area contributed by atoms with Gasteiger partial charge in [-0.15, -0.1) is 0 Å². The lowest BCUT2D eigenvalue weighted by Crippen LogP contribution is -2.34. The zero-order chi connectivity index (χ0) is 11.1. The van der Waals surface area contributed by atoms with Gasteiger partial charge in [-0.3, -0.25) is 4.79 Å². The summed E-state index contributed by atoms with van der Waals surface area (Å²) in [7, 11) is 0. The summed E-state index contributed by atoms with van der Waals surface area (Å²) in [5, 5.41) is 0. The van der Waals surface area contributed by atoms with E-state index in [-0.39, 0.29) is 11.1 Å². The maximum absolute atomic E-state index is 12.6. The lowest BCUT2D eigenvalue weighted by atomic mass is 10.0. The SMILES string of the molecule is O=Cc1cccc(C2(C(F)(F)F)NN2)c1. The first-order valence-corrected chi connectivity index (χ1v) is 4.16. The summed E-state index contributed by atoms with van der Waals surface area (Å²) in [4.78, 5) is 10.4. The summed E-state index contributed by atoms with van der Waals surface area (Å²) < 4.78 is 37.8. The van der Waals surface area contributed by atoms with Gasteiger partial charge in [-0.2, -0.15) is 13.2 Å². The highest BCUT2D eigenvalue weighted by atomic mass is 19.4. The third-order valence-corrected chi connectivity index (χ3v) is 2.26. The first kappa shape index (κ1) is 10.1. The Kier molecular flexibility index (Phi) is 2.06. The number of rotatable bonds is 2. The third kappa shape index (κ3) is 1.51. The van der Waals surface area contributed by atoms with Gasteiger partial charge in [0.25, 0.3) is 0 Å². The lowest BCUT2D eigenvalue weighted by molar-refractivity contribution is -0.165. The first-order chi connectivity index (χ1) is 6.99. The Morgan fingerprint density at radius 2 is 1.93 bits per heavy atom. The fourth-order valence-electron chi connectivity index (χ4n) is 1.36. The van der Waals surface area contributed by atoms with Crippen molar-refractivity contribution < 1.29 is 18.0 Å². The van der Waals surface area contributed by atoms with Gasteiger partial charge in [0.1, 0.15) is 6.29 Å². The summed E-state index contributed by atoms with van der Waals surface area (Å²) in [5.41, 5.74) is 2.14. The van der Waals surface area contributed by atoms with E-state index < -0.39 is 11.8 Å². The maximum atomic E-state index is 12.6. The number of benzene rings is 1. The molecule has 0 spiro atoms. The maximum Gasteiger partial charge on any atom is 0.426 e. The quantitative estimate of drug-likeness (QED) is 0.579. The molecule has 3 nitrogen and oxygen atoms in total. The zero-order valence-corrected chi connectivity index (χ0v) is 7.43. The van der Waals surface area contributed by atoms with Gasteiger partial charge in [0.15, 0.2) is 0 Å². The number of hydrogen-bond acceptors (Lipinski definition) is 3. The number of carbonyl (C=O) groups excluding carboxylic acids is 1. The fourth-order valence-corrected chi connectivity index (χ4v) is 1.36. The van der Waals surface area contributed by atoms with Crippen molar-refractivity contribution in [1.82, 2.24) is 10.9 Å². The molecule has 0 aliphatic carbocycles. The third-order valence-electron chi connectivity index (χ3n) is 2.26. The molecule has 0 atom stereocenters. The molecule has 15 heavy (non-hydrogen) atoms. The van der Waals surface area contributed by atoms with E-state index in [1.165, 1.54) is 24.3 Å². The molecule has 6 heteroatoms. The Labute approximate surface area is 83.2 Å². The van der Waals surface area contributed by atoms with Crippen LogP contribution < -0.4 is 10.9 Å². The highest BCUT2D eigenvalue weighted by molar-refractivity contribution is 5.75. The molecule has 0 unspecified atom stereocenters. The van der Waals surface area contributed by atoms with Gasteiger partial charge in [0.2, 0.25) is 5.66 Å². The monoisotopic (exact) mass is 216 g/mol. The number of carbonyl (C=O) groups is 1. The molecule has 0 aromatic heterocycles. The van der Waals surface area contributed by atoms with E-state index in [4.69, 9.17) is 0 Å². The molecule has 1 aliphatic rings. The number of alkyl halides is 3. The Hall–Kier alpha value is -1.40. The Morgan fingerprint density at radius 3 is 2.40 bits per heavy atom. The van der Waals surface area contributed by atoms with E-state index in [1.807, 2.05) is 0 Å². The number of hydrogen-bond donors (Lipinski definition) is 2. The number of nitrogens with one attached hydrogen (secondary N) is 2. The minimum Gasteiger partial charge on any atom is -0.298 e. The Bertz CT molecular complexity index is 399. The van der Waals surface area contributed by atoms with Gasteiger partial charge in [0, 0.05) is 5.56 Å². The molecule has 1 heterocycles. The van der Waals surface area contributed by atoms with Gasteiger partial charge in [0.05, 0.1) is 0 Å². The normalized spacial score (nSPS) is 18.6. The standard InChI is InChI=1S/C9H7F3N2O/c10-9(11,12)8(13-14-8)7-3-1-2-6(4-7)5-15/h1-5,13-14H. The predicted octanol–water partition coefficient (Wildman–Crippen LogP) is 1.32. The number of aldehydes is 1. The van der Waals surface area contributed by atoms with E-state index in [1.54, 1.807) is 0 Å². The summed E-state index contributed by atoms with van der Waals surface area (Å²) in [6, 6.07) is 5.37. The van der Waals surface area contributed by atoms with Gasteiger partial charge in [-0.1, -0.05) is 18.2 Å². The van der Waals surface area contributed by atoms with E-state index >= 15 is 0 Å². The molecular formula is C9H7F3N2O. The average molecular weight is 216 g/mol. The lowest BCUT2D eigenvalue weighted by Gasteiger charge is -2.16. The molecule has 1 aromatic rings. The number of halogens is 3. The average Bonchev–Trinajstić information content (AvgIpc) is 2.97. The van der Waals surface area contributed by atoms with E-state index in [0.29, 0.717) is 6.29 Å². The van der Waals surface area contributed by atoms with Crippen LogP contribution in [0.1, 0.15) is 15.9 Å². The van der Waals surface area contributed by atoms with Crippen LogP contribution in [0, 0.1) is 0 Å². The second-order valence-electron chi connectivity index (χ2n) is 3.24. The van der Waals surface area contributed by atoms with E-state index in [0.717, 1.165) is 0 Å². The van der Waals surface area contributed by atoms with Gasteiger partial charge in [-0.05, 0) is 11.6 Å². The van der Waals surface area contributed by atoms with Crippen molar-refractivity contribution >= 4 is 6.29 Å². The van der Waals surface area contributed by atoms with Crippen LogP contribution in [-0.2, 0) is 5.66 Å². The topological polar surface area (TPSA) is 61.0 Å². The molecule has 80 valence electrons. The minimum absolute atomic E-state index is 0.0143. The van der Waals surface area contributed by atoms with Crippen molar-refractivity contribution in [1.29, 1.82) is 0 Å². The summed E-state index contributed by atoms with van der Waals surface area (Å²) >= 11 is 0. The summed E-state index contributed by atoms with van der Waals surface area (Å²) in [6.45, 7) is 0. The van der Waals surface area contributed by atoms with Gasteiger partial charge in [-0.25, -0.2) is 10.9 Å². The number of hydrazine groups is 1. The molecule has 0 bridgehead atoms. The van der Waals surface area contributed by atoms with E-state index in [9.17, 15) is 18.0 Å². The van der Waals surface area contributed by atoms with Gasteiger partial charge >= 0.3 is 6.18 Å². The van der Waals surface area contributed by atoms with Crippen molar-refractivity contribution in [2.75, 3.05) is 0 Å². The van der Waals surface area contributed by atoms with Crippen LogP contribution in [0.2, 0.25) is 0 Å². The molecular weight excluding hydrogens is 209 g/mol. The van der Waals surface area contributed by atoms with Crippen molar-refractivity contribution in [3.8, 4) is 0 Å². The molecule has 2 N–H and O–H groups in total. The van der Waals surface area contributed by atoms with Crippen molar-refractivity contribution in [3.63, 3.8) is 0 Å². The summed E-state index contributed by atoms with van der Waals surface area (Å²) in [6.07, 6.45) is -3.93. The van der Waals surface area contributed by atoms with Crippen LogP contribution in [-0.4, -0.2) is 12.5 Å². The van der Waals surface area contributed by atoms with Crippen LogP contribution >= 0.6 is 0 Å². The fraction of sp³-hybridized carbons (Fsp3) is 0.222. The molecule has 0 saturated carbocycles. The largest absolute Gasteiger partial charge is 0.426 e. The van der Waals surface area contributed by atoms with Crippen LogP contribution in [0.4, 0.5) is 13.2 Å². The molecule has 2 rings (SSSR count). The summed E-state index contributed by atoms with van der Waals surface area (Å²) in [5.74, 6) is 0. The second kappa shape index (κ2) is 3.04. The highest BCUT2D eigenvalue weighted by Crippen LogP contribution is 2.41. The van der Waals surface area contributed by atoms with E-state index in [2.05, 4.69) is 10.9 Å². The molecule has 1 aliphatic heterocycles. The van der Waals surface area contributed by atoms with Crippen molar-refractivity contribution in [2.24, 2.45) is 0 Å². The predicted molar refractivity (Wildman–Crippen MR) is 45.8 cm³/mol. The Morgan fingerprint density at radius 1 is 1.27 bits per heavy atom. The van der Waals surface area contributed by atoms with Crippen LogP contribution in [0.3, 0.4) is 0 Å². The van der Waals surface area contributed by atoms with Crippen LogP contribution in [0.25, 0.3) is 0 Å². The first-order valence-electron chi connectivity index (χ1n) is 4.16. The van der Waals surface area contributed by atoms with Crippen LogP contribution in [0.15, 0.2) is 24.3 Å². The molecule has 1 saturated heterocycles. The van der Waals surface area contributed by atoms with Crippen LogP contribution in [0.5, 0.6) is 0 Å².